The molecule has 1 atom stereocenters. The zero-order valence-electron chi connectivity index (χ0n) is 14.9. The van der Waals surface area contributed by atoms with Crippen LogP contribution in [0.4, 0.5) is 5.69 Å². The van der Waals surface area contributed by atoms with Crippen LogP contribution in [-0.4, -0.2) is 35.2 Å². The van der Waals surface area contributed by atoms with Gasteiger partial charge in [-0.1, -0.05) is 66.3 Å². The Balaban J connectivity index is 1.54. The molecule has 0 radical (unpaired) electrons. The quantitative estimate of drug-likeness (QED) is 0.257. The zero-order chi connectivity index (χ0) is 17.5. The van der Waals surface area contributed by atoms with Crippen LogP contribution in [0.25, 0.3) is 0 Å². The fourth-order valence-corrected chi connectivity index (χ4v) is 4.29. The summed E-state index contributed by atoms with van der Waals surface area (Å²) in [4.78, 5) is 5.04. The first-order chi connectivity index (χ1) is 12.3. The summed E-state index contributed by atoms with van der Waals surface area (Å²) in [5.41, 5.74) is 2.69. The molecule has 1 heterocycles. The van der Waals surface area contributed by atoms with Gasteiger partial charge in [0.05, 0.1) is 10.7 Å². The van der Waals surface area contributed by atoms with Gasteiger partial charge in [-0.3, -0.25) is 4.90 Å². The highest BCUT2D eigenvalue weighted by Crippen LogP contribution is 2.27. The van der Waals surface area contributed by atoms with E-state index in [0.29, 0.717) is 4.05 Å². The molecule has 1 saturated heterocycles. The Morgan fingerprint density at radius 3 is 2.48 bits per heavy atom. The molecule has 3 rings (SSSR count). The molecule has 4 heteroatoms. The second-order valence-electron chi connectivity index (χ2n) is 6.54. The third kappa shape index (κ3) is 5.35. The number of hydrogen-bond acceptors (Lipinski definition) is 3. The Hall–Kier alpha value is -1.27. The van der Waals surface area contributed by atoms with Crippen LogP contribution >= 0.6 is 22.6 Å². The SMILES string of the molecule is CCCCOc1ccc(N2CCN(Cc3ccccc3)C[C@@H]2I)cc1. The molecule has 0 aromatic heterocycles. The van der Waals surface area contributed by atoms with Gasteiger partial charge >= 0.3 is 0 Å². The number of hydrogen-bond donors (Lipinski definition) is 0. The van der Waals surface area contributed by atoms with E-state index < -0.39 is 0 Å². The molecule has 0 aliphatic carbocycles. The summed E-state index contributed by atoms with van der Waals surface area (Å²) in [6, 6.07) is 19.3. The van der Waals surface area contributed by atoms with Crippen LogP contribution in [0.1, 0.15) is 25.3 Å². The van der Waals surface area contributed by atoms with Gasteiger partial charge in [0.1, 0.15) is 5.75 Å². The van der Waals surface area contributed by atoms with Crippen LogP contribution in [0, 0.1) is 0 Å². The van der Waals surface area contributed by atoms with Crippen molar-refractivity contribution >= 4 is 28.3 Å². The Kier molecular flexibility index (Phi) is 6.99. The summed E-state index contributed by atoms with van der Waals surface area (Å²) in [6.45, 7) is 7.29. The molecule has 25 heavy (non-hydrogen) atoms. The van der Waals surface area contributed by atoms with Crippen LogP contribution in [-0.2, 0) is 6.54 Å². The van der Waals surface area contributed by atoms with Gasteiger partial charge in [-0.2, -0.15) is 0 Å². The molecular weight excluding hydrogens is 423 g/mol. The number of piperazine rings is 1. The Bertz CT molecular complexity index is 632. The lowest BCUT2D eigenvalue weighted by molar-refractivity contribution is 0.245. The van der Waals surface area contributed by atoms with Crippen molar-refractivity contribution in [3.63, 3.8) is 0 Å². The van der Waals surface area contributed by atoms with E-state index in [-0.39, 0.29) is 0 Å². The fraction of sp³-hybridized carbons (Fsp3) is 0.429. The molecule has 0 saturated carbocycles. The topological polar surface area (TPSA) is 15.7 Å². The lowest BCUT2D eigenvalue weighted by Gasteiger charge is -2.40. The molecule has 0 bridgehead atoms. The van der Waals surface area contributed by atoms with E-state index in [9.17, 15) is 0 Å². The first kappa shape index (κ1) is 18.5. The molecule has 2 aromatic rings. The molecule has 0 N–H and O–H groups in total. The highest BCUT2D eigenvalue weighted by Gasteiger charge is 2.25. The summed E-state index contributed by atoms with van der Waals surface area (Å²) < 4.78 is 6.26. The second-order valence-corrected chi connectivity index (χ2v) is 7.98. The predicted octanol–water partition coefficient (Wildman–Crippen LogP) is 4.95. The summed E-state index contributed by atoms with van der Waals surface area (Å²) in [5.74, 6) is 0.977. The lowest BCUT2D eigenvalue weighted by Crippen LogP contribution is -2.50. The highest BCUT2D eigenvalue weighted by atomic mass is 127. The van der Waals surface area contributed by atoms with Gasteiger partial charge in [-0.25, -0.2) is 0 Å². The number of alkyl halides is 1. The van der Waals surface area contributed by atoms with E-state index in [1.165, 1.54) is 17.7 Å². The molecule has 2 aromatic carbocycles. The Morgan fingerprint density at radius 2 is 1.80 bits per heavy atom. The monoisotopic (exact) mass is 450 g/mol. The van der Waals surface area contributed by atoms with E-state index in [2.05, 4.69) is 93.9 Å². The molecule has 0 spiro atoms. The zero-order valence-corrected chi connectivity index (χ0v) is 17.1. The maximum atomic E-state index is 5.77. The lowest BCUT2D eigenvalue weighted by atomic mass is 10.2. The van der Waals surface area contributed by atoms with E-state index in [4.69, 9.17) is 4.74 Å². The van der Waals surface area contributed by atoms with Crippen LogP contribution < -0.4 is 9.64 Å². The standard InChI is InChI=1S/C21H27IN2O/c1-2-3-15-25-20-11-9-19(10-12-20)24-14-13-23(17-21(24)22)16-18-7-5-4-6-8-18/h4-12,21H,2-3,13-17H2,1H3/t21-/m1/s1. The summed E-state index contributed by atoms with van der Waals surface area (Å²) >= 11 is 2.57. The minimum Gasteiger partial charge on any atom is -0.494 e. The van der Waals surface area contributed by atoms with E-state index in [0.717, 1.165) is 45.0 Å². The van der Waals surface area contributed by atoms with Crippen LogP contribution in [0.15, 0.2) is 54.6 Å². The van der Waals surface area contributed by atoms with Crippen molar-refractivity contribution in [1.29, 1.82) is 0 Å². The number of halogens is 1. The van der Waals surface area contributed by atoms with Crippen molar-refractivity contribution < 1.29 is 4.74 Å². The molecule has 1 aliphatic rings. The number of benzene rings is 2. The van der Waals surface area contributed by atoms with Crippen LogP contribution in [0.3, 0.4) is 0 Å². The molecular formula is C21H27IN2O. The van der Waals surface area contributed by atoms with Gasteiger partial charge in [0.2, 0.25) is 0 Å². The van der Waals surface area contributed by atoms with Crippen molar-refractivity contribution in [3.05, 3.63) is 60.2 Å². The van der Waals surface area contributed by atoms with Crippen LogP contribution in [0.2, 0.25) is 0 Å². The van der Waals surface area contributed by atoms with Gasteiger partial charge in [-0.05, 0) is 36.2 Å². The highest BCUT2D eigenvalue weighted by molar-refractivity contribution is 14.1. The first-order valence-electron chi connectivity index (χ1n) is 9.16. The van der Waals surface area contributed by atoms with Crippen molar-refractivity contribution in [2.24, 2.45) is 0 Å². The van der Waals surface area contributed by atoms with Gasteiger partial charge < -0.3 is 9.64 Å². The van der Waals surface area contributed by atoms with Crippen molar-refractivity contribution in [1.82, 2.24) is 4.90 Å². The number of unbranched alkanes of at least 4 members (excludes halogenated alkanes) is 1. The summed E-state index contributed by atoms with van der Waals surface area (Å²) in [7, 11) is 0. The third-order valence-electron chi connectivity index (χ3n) is 4.59. The number of ether oxygens (including phenoxy) is 1. The molecule has 0 unspecified atom stereocenters. The smallest absolute Gasteiger partial charge is 0.119 e. The van der Waals surface area contributed by atoms with E-state index in [1.807, 2.05) is 0 Å². The molecule has 1 aliphatic heterocycles. The average molecular weight is 450 g/mol. The van der Waals surface area contributed by atoms with Crippen molar-refractivity contribution in [2.45, 2.75) is 30.4 Å². The minimum absolute atomic E-state index is 0.488. The largest absolute Gasteiger partial charge is 0.494 e. The van der Waals surface area contributed by atoms with Gasteiger partial charge in [-0.15, -0.1) is 0 Å². The van der Waals surface area contributed by atoms with E-state index >= 15 is 0 Å². The number of rotatable bonds is 7. The molecule has 0 amide bonds. The molecule has 134 valence electrons. The maximum absolute atomic E-state index is 5.77. The normalized spacial score (nSPS) is 18.3. The molecule has 1 fully saturated rings. The van der Waals surface area contributed by atoms with Gasteiger partial charge in [0.25, 0.3) is 0 Å². The van der Waals surface area contributed by atoms with Gasteiger partial charge in [0, 0.05) is 31.9 Å². The number of nitrogens with zero attached hydrogens (tertiary/aromatic N) is 2. The average Bonchev–Trinajstić information content (AvgIpc) is 2.64. The Labute approximate surface area is 165 Å². The van der Waals surface area contributed by atoms with E-state index in [1.54, 1.807) is 0 Å². The second kappa shape index (κ2) is 9.43. The Morgan fingerprint density at radius 1 is 1.04 bits per heavy atom. The van der Waals surface area contributed by atoms with Crippen molar-refractivity contribution in [3.8, 4) is 5.75 Å². The summed E-state index contributed by atoms with van der Waals surface area (Å²) in [6.07, 6.45) is 2.28. The molecule has 3 nitrogen and oxygen atoms in total. The van der Waals surface area contributed by atoms with Crippen LogP contribution in [0.5, 0.6) is 5.75 Å². The summed E-state index contributed by atoms with van der Waals surface area (Å²) in [5, 5.41) is 0. The van der Waals surface area contributed by atoms with Gasteiger partial charge in [0.15, 0.2) is 0 Å². The van der Waals surface area contributed by atoms with Crippen molar-refractivity contribution in [2.75, 3.05) is 31.1 Å². The maximum Gasteiger partial charge on any atom is 0.119 e. The predicted molar refractivity (Wildman–Crippen MR) is 114 cm³/mol. The fourth-order valence-electron chi connectivity index (χ4n) is 3.14. The number of anilines is 1. The third-order valence-corrected chi connectivity index (χ3v) is 5.65. The minimum atomic E-state index is 0.488. The first-order valence-corrected chi connectivity index (χ1v) is 10.4.